The summed E-state index contributed by atoms with van der Waals surface area (Å²) in [5.41, 5.74) is 4.86. The number of benzene rings is 2. The SMILES string of the molecule is COc1ccccc1-c1cc(C(=O)N/N=C(/C)c2cccc([N+](=O)[O-])c2)[nH]n1. The highest BCUT2D eigenvalue weighted by molar-refractivity contribution is 6.01. The fourth-order valence-corrected chi connectivity index (χ4v) is 2.54. The maximum Gasteiger partial charge on any atom is 0.289 e. The number of nitro benzene ring substituents is 1. The molecule has 0 saturated heterocycles. The van der Waals surface area contributed by atoms with Gasteiger partial charge in [0.1, 0.15) is 11.4 Å². The number of rotatable bonds is 6. The molecule has 1 amide bonds. The lowest BCUT2D eigenvalue weighted by molar-refractivity contribution is -0.384. The van der Waals surface area contributed by atoms with E-state index >= 15 is 0 Å². The van der Waals surface area contributed by atoms with Gasteiger partial charge in [0.05, 0.1) is 23.4 Å². The summed E-state index contributed by atoms with van der Waals surface area (Å²) in [6, 6.07) is 14.9. The molecule has 142 valence electrons. The van der Waals surface area contributed by atoms with Gasteiger partial charge in [0, 0.05) is 23.3 Å². The minimum Gasteiger partial charge on any atom is -0.496 e. The summed E-state index contributed by atoms with van der Waals surface area (Å²) in [5, 5.41) is 21.7. The molecule has 0 saturated carbocycles. The molecule has 3 aromatic rings. The number of para-hydroxylation sites is 1. The molecule has 1 aromatic heterocycles. The first-order valence-corrected chi connectivity index (χ1v) is 8.28. The van der Waals surface area contributed by atoms with Gasteiger partial charge in [-0.25, -0.2) is 5.43 Å². The molecule has 9 heteroatoms. The van der Waals surface area contributed by atoms with E-state index in [4.69, 9.17) is 4.74 Å². The van der Waals surface area contributed by atoms with Gasteiger partial charge >= 0.3 is 0 Å². The Labute approximate surface area is 160 Å². The number of carbonyl (C=O) groups is 1. The Morgan fingerprint density at radius 2 is 2.00 bits per heavy atom. The molecule has 0 aliphatic heterocycles. The van der Waals surface area contributed by atoms with E-state index in [1.807, 2.05) is 18.2 Å². The summed E-state index contributed by atoms with van der Waals surface area (Å²) < 4.78 is 5.30. The van der Waals surface area contributed by atoms with Crippen LogP contribution in [-0.2, 0) is 0 Å². The van der Waals surface area contributed by atoms with Crippen LogP contribution >= 0.6 is 0 Å². The number of nitrogens with one attached hydrogen (secondary N) is 2. The number of carbonyl (C=O) groups excluding carboxylic acids is 1. The summed E-state index contributed by atoms with van der Waals surface area (Å²) in [4.78, 5) is 22.7. The van der Waals surface area contributed by atoms with E-state index in [0.717, 1.165) is 5.56 Å². The molecule has 2 aromatic carbocycles. The molecular weight excluding hydrogens is 362 g/mol. The first kappa shape index (κ1) is 18.8. The van der Waals surface area contributed by atoms with Crippen LogP contribution in [0, 0.1) is 10.1 Å². The van der Waals surface area contributed by atoms with Crippen molar-refractivity contribution in [3.05, 3.63) is 76.0 Å². The van der Waals surface area contributed by atoms with Crippen LogP contribution in [0.2, 0.25) is 0 Å². The quantitative estimate of drug-likeness (QED) is 0.387. The second-order valence-corrected chi connectivity index (χ2v) is 5.81. The molecule has 28 heavy (non-hydrogen) atoms. The van der Waals surface area contributed by atoms with E-state index in [1.54, 1.807) is 38.3 Å². The van der Waals surface area contributed by atoms with Crippen LogP contribution in [0.15, 0.2) is 59.7 Å². The van der Waals surface area contributed by atoms with E-state index in [1.165, 1.54) is 12.1 Å². The second-order valence-electron chi connectivity index (χ2n) is 5.81. The zero-order valence-corrected chi connectivity index (χ0v) is 15.2. The predicted molar refractivity (Wildman–Crippen MR) is 103 cm³/mol. The van der Waals surface area contributed by atoms with Gasteiger partial charge in [-0.1, -0.05) is 24.3 Å². The van der Waals surface area contributed by atoms with Crippen molar-refractivity contribution in [1.82, 2.24) is 15.6 Å². The highest BCUT2D eigenvalue weighted by atomic mass is 16.6. The van der Waals surface area contributed by atoms with Crippen molar-refractivity contribution in [2.45, 2.75) is 6.92 Å². The maximum atomic E-state index is 12.3. The monoisotopic (exact) mass is 379 g/mol. The lowest BCUT2D eigenvalue weighted by Crippen LogP contribution is -2.19. The third-order valence-electron chi connectivity index (χ3n) is 4.01. The highest BCUT2D eigenvalue weighted by Gasteiger charge is 2.14. The van der Waals surface area contributed by atoms with Crippen molar-refractivity contribution in [2.24, 2.45) is 5.10 Å². The Hall–Kier alpha value is -4.01. The highest BCUT2D eigenvalue weighted by Crippen LogP contribution is 2.28. The Bertz CT molecular complexity index is 1060. The molecule has 0 atom stereocenters. The third kappa shape index (κ3) is 4.04. The van der Waals surface area contributed by atoms with Gasteiger partial charge < -0.3 is 4.74 Å². The number of aromatic amines is 1. The molecule has 3 rings (SSSR count). The molecule has 0 spiro atoms. The van der Waals surface area contributed by atoms with Crippen LogP contribution in [0.5, 0.6) is 5.75 Å². The molecule has 0 bridgehead atoms. The van der Waals surface area contributed by atoms with Gasteiger partial charge in [0.15, 0.2) is 0 Å². The van der Waals surface area contributed by atoms with Crippen molar-refractivity contribution in [3.63, 3.8) is 0 Å². The lowest BCUT2D eigenvalue weighted by Gasteiger charge is -2.04. The van der Waals surface area contributed by atoms with Crippen LogP contribution in [-0.4, -0.2) is 33.8 Å². The fourth-order valence-electron chi connectivity index (χ4n) is 2.54. The molecule has 9 nitrogen and oxygen atoms in total. The number of aromatic nitrogens is 2. The maximum absolute atomic E-state index is 12.3. The number of amides is 1. The number of hydrogen-bond acceptors (Lipinski definition) is 6. The average molecular weight is 379 g/mol. The number of hydrazone groups is 1. The number of hydrogen-bond donors (Lipinski definition) is 2. The Morgan fingerprint density at radius 3 is 2.75 bits per heavy atom. The standard InChI is InChI=1S/C19H17N5O4/c1-12(13-6-5-7-14(10-13)24(26)27)20-23-19(25)17-11-16(21-22-17)15-8-3-4-9-18(15)28-2/h3-11H,1-2H3,(H,21,22)(H,23,25)/b20-12-. The molecule has 2 N–H and O–H groups in total. The molecule has 0 radical (unpaired) electrons. The summed E-state index contributed by atoms with van der Waals surface area (Å²) in [6.45, 7) is 1.65. The number of methoxy groups -OCH3 is 1. The average Bonchev–Trinajstić information content (AvgIpc) is 3.22. The van der Waals surface area contributed by atoms with Gasteiger partial charge in [-0.3, -0.25) is 20.0 Å². The van der Waals surface area contributed by atoms with Crippen LogP contribution in [0.3, 0.4) is 0 Å². The second kappa shape index (κ2) is 8.12. The van der Waals surface area contributed by atoms with Crippen molar-refractivity contribution in [2.75, 3.05) is 7.11 Å². The smallest absolute Gasteiger partial charge is 0.289 e. The van der Waals surface area contributed by atoms with Gasteiger partial charge in [0.2, 0.25) is 0 Å². The van der Waals surface area contributed by atoms with Crippen LogP contribution in [0.1, 0.15) is 23.0 Å². The van der Waals surface area contributed by atoms with Gasteiger partial charge in [-0.2, -0.15) is 10.2 Å². The Kier molecular flexibility index (Phi) is 5.45. The van der Waals surface area contributed by atoms with E-state index in [0.29, 0.717) is 22.7 Å². The molecular formula is C19H17N5O4. The summed E-state index contributed by atoms with van der Waals surface area (Å²) in [6.07, 6.45) is 0. The first-order chi connectivity index (χ1) is 13.5. The molecule has 1 heterocycles. The fraction of sp³-hybridized carbons (Fsp3) is 0.105. The van der Waals surface area contributed by atoms with E-state index in [2.05, 4.69) is 20.7 Å². The molecule has 0 fully saturated rings. The minimum atomic E-state index is -0.488. The van der Waals surface area contributed by atoms with Crippen molar-refractivity contribution in [3.8, 4) is 17.0 Å². The van der Waals surface area contributed by atoms with Crippen LogP contribution in [0.25, 0.3) is 11.3 Å². The number of nitrogens with zero attached hydrogens (tertiary/aromatic N) is 3. The Balaban J connectivity index is 1.75. The molecule has 0 aliphatic carbocycles. The van der Waals surface area contributed by atoms with Gasteiger partial charge in [0.25, 0.3) is 11.6 Å². The topological polar surface area (TPSA) is 123 Å². The third-order valence-corrected chi connectivity index (χ3v) is 4.01. The van der Waals surface area contributed by atoms with Crippen LogP contribution in [0.4, 0.5) is 5.69 Å². The number of ether oxygens (including phenoxy) is 1. The number of non-ortho nitro benzene ring substituents is 1. The van der Waals surface area contributed by atoms with E-state index in [9.17, 15) is 14.9 Å². The number of nitro groups is 1. The zero-order valence-electron chi connectivity index (χ0n) is 15.2. The van der Waals surface area contributed by atoms with Gasteiger partial charge in [-0.15, -0.1) is 0 Å². The summed E-state index contributed by atoms with van der Waals surface area (Å²) in [5.74, 6) is 0.152. The normalized spacial score (nSPS) is 11.1. The summed E-state index contributed by atoms with van der Waals surface area (Å²) >= 11 is 0. The lowest BCUT2D eigenvalue weighted by atomic mass is 10.1. The molecule has 0 unspecified atom stereocenters. The zero-order chi connectivity index (χ0) is 20.1. The largest absolute Gasteiger partial charge is 0.496 e. The molecule has 0 aliphatic rings. The van der Waals surface area contributed by atoms with Crippen molar-refractivity contribution in [1.29, 1.82) is 0 Å². The van der Waals surface area contributed by atoms with Crippen molar-refractivity contribution < 1.29 is 14.5 Å². The number of H-pyrrole nitrogens is 1. The summed E-state index contributed by atoms with van der Waals surface area (Å²) in [7, 11) is 1.56. The van der Waals surface area contributed by atoms with E-state index in [-0.39, 0.29) is 11.4 Å². The predicted octanol–water partition coefficient (Wildman–Crippen LogP) is 3.15. The Morgan fingerprint density at radius 1 is 1.21 bits per heavy atom. The van der Waals surface area contributed by atoms with Gasteiger partial charge in [-0.05, 0) is 25.1 Å². The minimum absolute atomic E-state index is 0.0478. The first-order valence-electron chi connectivity index (χ1n) is 8.28. The van der Waals surface area contributed by atoms with Crippen molar-refractivity contribution >= 4 is 17.3 Å². The van der Waals surface area contributed by atoms with Crippen LogP contribution < -0.4 is 10.2 Å². The van der Waals surface area contributed by atoms with E-state index < -0.39 is 10.8 Å².